The third-order valence-electron chi connectivity index (χ3n) is 6.02. The van der Waals surface area contributed by atoms with E-state index in [0.717, 1.165) is 17.9 Å². The molecule has 0 spiro atoms. The molecule has 0 bridgehead atoms. The first-order valence-corrected chi connectivity index (χ1v) is 14.8. The quantitative estimate of drug-likeness (QED) is 0.229. The number of nitrogens with zero attached hydrogens (tertiary/aromatic N) is 1. The molecule has 0 aliphatic carbocycles. The maximum atomic E-state index is 12.7. The zero-order valence-corrected chi connectivity index (χ0v) is 22.2. The summed E-state index contributed by atoms with van der Waals surface area (Å²) in [4.78, 5) is 26.5. The van der Waals surface area contributed by atoms with Gasteiger partial charge in [0.2, 0.25) is 15.9 Å². The molecule has 1 aliphatic heterocycles. The van der Waals surface area contributed by atoms with Crippen LogP contribution in [-0.4, -0.2) is 73.1 Å². The molecule has 1 aliphatic rings. The van der Waals surface area contributed by atoms with Crippen LogP contribution in [-0.2, 0) is 26.0 Å². The molecule has 2 amide bonds. The van der Waals surface area contributed by atoms with Crippen molar-refractivity contribution in [1.82, 2.24) is 9.62 Å². The van der Waals surface area contributed by atoms with Crippen molar-refractivity contribution in [2.75, 3.05) is 30.0 Å². The van der Waals surface area contributed by atoms with Crippen LogP contribution in [0, 0.1) is 0 Å². The summed E-state index contributed by atoms with van der Waals surface area (Å²) in [7, 11) is -3.82. The van der Waals surface area contributed by atoms with E-state index in [0.29, 0.717) is 31.6 Å². The van der Waals surface area contributed by atoms with Gasteiger partial charge in [-0.25, -0.2) is 13.1 Å². The van der Waals surface area contributed by atoms with Gasteiger partial charge in [-0.3, -0.25) is 9.59 Å². The maximum Gasteiger partial charge on any atom is 0.254 e. The molecule has 2 aromatic rings. The van der Waals surface area contributed by atoms with Crippen LogP contribution in [0.2, 0.25) is 0 Å². The summed E-state index contributed by atoms with van der Waals surface area (Å²) >= 11 is 1.70. The summed E-state index contributed by atoms with van der Waals surface area (Å²) in [5, 5.41) is 12.9. The Balaban J connectivity index is 1.45. The largest absolute Gasteiger partial charge is 0.382 e. The highest BCUT2D eigenvalue weighted by molar-refractivity contribution is 7.99. The summed E-state index contributed by atoms with van der Waals surface area (Å²) in [6.45, 7) is 0.905. The molecular formula is C25H35N5O5S2. The van der Waals surface area contributed by atoms with Crippen LogP contribution in [0.4, 0.5) is 5.69 Å². The van der Waals surface area contributed by atoms with Crippen molar-refractivity contribution in [3.8, 4) is 0 Å². The van der Waals surface area contributed by atoms with Gasteiger partial charge >= 0.3 is 0 Å². The molecule has 37 heavy (non-hydrogen) atoms. The number of unbranched alkanes of at least 4 members (excludes halogenated alkanes) is 1. The molecule has 0 aromatic heterocycles. The van der Waals surface area contributed by atoms with Gasteiger partial charge in [0.25, 0.3) is 5.91 Å². The monoisotopic (exact) mass is 549 g/mol. The molecule has 0 saturated carbocycles. The zero-order valence-electron chi connectivity index (χ0n) is 20.6. The van der Waals surface area contributed by atoms with Crippen molar-refractivity contribution in [1.29, 1.82) is 0 Å². The topological polar surface area (TPSA) is 168 Å². The normalized spacial score (nSPS) is 16.2. The molecule has 10 nitrogen and oxygen atoms in total. The first-order valence-electron chi connectivity index (χ1n) is 12.2. The number of aliphatic hydroxyl groups is 1. The number of sulfonamides is 1. The summed E-state index contributed by atoms with van der Waals surface area (Å²) in [6, 6.07) is 13.6. The lowest BCUT2D eigenvalue weighted by Crippen LogP contribution is -2.44. The lowest BCUT2D eigenvalue weighted by molar-refractivity contribution is -0.131. The fourth-order valence-corrected chi connectivity index (χ4v) is 5.95. The molecule has 2 aromatic carbocycles. The minimum Gasteiger partial charge on any atom is -0.382 e. The second-order valence-corrected chi connectivity index (χ2v) is 11.8. The highest BCUT2D eigenvalue weighted by Crippen LogP contribution is 2.17. The van der Waals surface area contributed by atoms with E-state index >= 15 is 0 Å². The third-order valence-corrected chi connectivity index (χ3v) is 8.44. The van der Waals surface area contributed by atoms with Crippen LogP contribution in [0.3, 0.4) is 0 Å². The van der Waals surface area contributed by atoms with Crippen molar-refractivity contribution in [2.45, 2.75) is 48.8 Å². The van der Waals surface area contributed by atoms with Crippen molar-refractivity contribution in [3.05, 3.63) is 60.2 Å². The molecule has 1 fully saturated rings. The van der Waals surface area contributed by atoms with Gasteiger partial charge in [0.15, 0.2) is 0 Å². The van der Waals surface area contributed by atoms with E-state index in [1.54, 1.807) is 16.7 Å². The smallest absolute Gasteiger partial charge is 0.254 e. The number of nitrogens with two attached hydrogens (primary N) is 2. The van der Waals surface area contributed by atoms with Crippen LogP contribution >= 0.6 is 11.8 Å². The van der Waals surface area contributed by atoms with Gasteiger partial charge in [-0.15, -0.1) is 11.8 Å². The van der Waals surface area contributed by atoms with E-state index in [-0.39, 0.29) is 23.0 Å². The Morgan fingerprint density at radius 3 is 2.54 bits per heavy atom. The van der Waals surface area contributed by atoms with Crippen LogP contribution in [0.1, 0.15) is 24.8 Å². The predicted octanol–water partition coefficient (Wildman–Crippen LogP) is 0.865. The van der Waals surface area contributed by atoms with E-state index in [2.05, 4.69) is 10.0 Å². The van der Waals surface area contributed by atoms with E-state index in [9.17, 15) is 23.1 Å². The van der Waals surface area contributed by atoms with Crippen molar-refractivity contribution in [3.63, 3.8) is 0 Å². The number of benzene rings is 2. The summed E-state index contributed by atoms with van der Waals surface area (Å²) in [5.74, 6) is 0.818. The Labute approximate surface area is 222 Å². The molecule has 3 unspecified atom stereocenters. The third kappa shape index (κ3) is 8.80. The Hall–Kier alpha value is -2.48. The fourth-order valence-electron chi connectivity index (χ4n) is 3.87. The summed E-state index contributed by atoms with van der Waals surface area (Å²) in [6.07, 6.45) is 0.452. The van der Waals surface area contributed by atoms with Gasteiger partial charge in [-0.1, -0.05) is 42.8 Å². The summed E-state index contributed by atoms with van der Waals surface area (Å²) in [5.41, 5.74) is 13.1. The molecule has 3 atom stereocenters. The van der Waals surface area contributed by atoms with Crippen molar-refractivity contribution >= 4 is 39.3 Å². The first-order chi connectivity index (χ1) is 17.7. The number of amides is 2. The van der Waals surface area contributed by atoms with Crippen molar-refractivity contribution < 1.29 is 23.1 Å². The van der Waals surface area contributed by atoms with Crippen LogP contribution in [0.15, 0.2) is 59.5 Å². The highest BCUT2D eigenvalue weighted by Gasteiger charge is 2.25. The zero-order chi connectivity index (χ0) is 26.8. The van der Waals surface area contributed by atoms with Crippen LogP contribution in [0.5, 0.6) is 0 Å². The molecule has 7 N–H and O–H groups in total. The molecule has 0 radical (unpaired) electrons. The first kappa shape index (κ1) is 29.1. The number of thioether (sulfide) groups is 1. The Kier molecular flexibility index (Phi) is 10.9. The van der Waals surface area contributed by atoms with Gasteiger partial charge in [0.05, 0.1) is 16.8 Å². The van der Waals surface area contributed by atoms with Gasteiger partial charge < -0.3 is 26.8 Å². The number of aliphatic hydroxyl groups excluding tert-OH is 1. The summed E-state index contributed by atoms with van der Waals surface area (Å²) < 4.78 is 28.0. The van der Waals surface area contributed by atoms with E-state index in [4.69, 9.17) is 11.5 Å². The minimum absolute atomic E-state index is 0.0215. The van der Waals surface area contributed by atoms with E-state index < -0.39 is 34.1 Å². The molecule has 12 heteroatoms. The number of carbonyl (C=O) groups is 2. The lowest BCUT2D eigenvalue weighted by Gasteiger charge is -2.19. The number of hydrogen-bond donors (Lipinski definition) is 5. The number of nitrogens with one attached hydrogen (secondary N) is 2. The second kappa shape index (κ2) is 13.9. The highest BCUT2D eigenvalue weighted by atomic mass is 32.2. The number of rotatable bonds is 13. The Bertz CT molecular complexity index is 1140. The number of carbonyl (C=O) groups excluding carboxylic acids is 2. The Morgan fingerprint density at radius 2 is 1.84 bits per heavy atom. The van der Waals surface area contributed by atoms with Gasteiger partial charge in [0.1, 0.15) is 6.10 Å². The standard InChI is InChI=1S/C25H35N5O5S2/c26-21(25(33)30-13-14-36-17-30)11-4-5-12-28-37(34,35)20-10-6-9-19(16-20)29-24(32)23(31)22(27)15-18-7-2-1-3-8-18/h1-3,6-10,16,21-23,28,31H,4-5,11-15,17,26-27H2,(H,29,32). The van der Waals surface area contributed by atoms with Gasteiger partial charge in [-0.05, 0) is 43.0 Å². The maximum absolute atomic E-state index is 12.7. The van der Waals surface area contributed by atoms with Crippen LogP contribution < -0.4 is 21.5 Å². The second-order valence-electron chi connectivity index (χ2n) is 8.95. The number of hydrogen-bond acceptors (Lipinski definition) is 8. The van der Waals surface area contributed by atoms with E-state index in [1.165, 1.54) is 24.3 Å². The Morgan fingerprint density at radius 1 is 1.08 bits per heavy atom. The molecule has 1 heterocycles. The minimum atomic E-state index is -3.82. The SMILES string of the molecule is NC(CCCCNS(=O)(=O)c1cccc(NC(=O)C(O)C(N)Cc2ccccc2)c1)C(=O)N1CCSC1. The van der Waals surface area contributed by atoms with Gasteiger partial charge in [0, 0.05) is 30.6 Å². The van der Waals surface area contributed by atoms with Gasteiger partial charge in [-0.2, -0.15) is 0 Å². The molecule has 202 valence electrons. The number of anilines is 1. The predicted molar refractivity (Wildman–Crippen MR) is 145 cm³/mol. The van der Waals surface area contributed by atoms with Crippen LogP contribution in [0.25, 0.3) is 0 Å². The molecular weight excluding hydrogens is 514 g/mol. The van der Waals surface area contributed by atoms with E-state index in [1.807, 2.05) is 30.3 Å². The lowest BCUT2D eigenvalue weighted by atomic mass is 10.0. The molecule has 3 rings (SSSR count). The molecule has 1 saturated heterocycles. The average molecular weight is 550 g/mol. The average Bonchev–Trinajstić information content (AvgIpc) is 3.43. The van der Waals surface area contributed by atoms with Crippen molar-refractivity contribution in [2.24, 2.45) is 11.5 Å². The fraction of sp³-hybridized carbons (Fsp3) is 0.440.